The zero-order valence-electron chi connectivity index (χ0n) is 10.2. The van der Waals surface area contributed by atoms with Gasteiger partial charge in [-0.1, -0.05) is 12.1 Å². The number of alkyl halides is 3. The minimum absolute atomic E-state index is 0.199. The van der Waals surface area contributed by atoms with Gasteiger partial charge in [-0.25, -0.2) is 0 Å². The Labute approximate surface area is 108 Å². The van der Waals surface area contributed by atoms with E-state index < -0.39 is 17.8 Å². The van der Waals surface area contributed by atoms with Crippen LogP contribution in [0.25, 0.3) is 0 Å². The molecule has 2 aromatic rings. The molecular formula is C13H13F3N2O. The number of aromatic nitrogens is 2. The molecule has 102 valence electrons. The molecule has 1 aromatic heterocycles. The second kappa shape index (κ2) is 5.05. The van der Waals surface area contributed by atoms with Crippen LogP contribution in [0.15, 0.2) is 36.5 Å². The normalized spacial score (nSPS) is 13.5. The van der Waals surface area contributed by atoms with Crippen molar-refractivity contribution in [2.24, 2.45) is 0 Å². The smallest absolute Gasteiger partial charge is 0.382 e. The van der Waals surface area contributed by atoms with E-state index in [1.165, 1.54) is 18.3 Å². The van der Waals surface area contributed by atoms with Crippen molar-refractivity contribution in [2.45, 2.75) is 25.7 Å². The van der Waals surface area contributed by atoms with E-state index >= 15 is 0 Å². The Morgan fingerprint density at radius 1 is 1.32 bits per heavy atom. The van der Waals surface area contributed by atoms with Crippen LogP contribution >= 0.6 is 0 Å². The van der Waals surface area contributed by atoms with Crippen LogP contribution in [0.3, 0.4) is 0 Å². The Bertz CT molecular complexity index is 563. The zero-order chi connectivity index (χ0) is 14.0. The molecule has 1 aromatic carbocycles. The lowest BCUT2D eigenvalue weighted by molar-refractivity contribution is -0.137. The Balaban J connectivity index is 2.37. The van der Waals surface area contributed by atoms with Gasteiger partial charge in [0.1, 0.15) is 6.10 Å². The van der Waals surface area contributed by atoms with E-state index in [1.807, 2.05) is 6.92 Å². The molecule has 1 N–H and O–H groups in total. The van der Waals surface area contributed by atoms with Gasteiger partial charge < -0.3 is 5.11 Å². The standard InChI is InChI=1S/C13H13F3N2O/c1-2-18-11(6-7-17-18)12(19)9-4-3-5-10(8-9)13(14,15)16/h3-8,12,19H,2H2,1H3. The quantitative estimate of drug-likeness (QED) is 0.931. The maximum atomic E-state index is 12.6. The van der Waals surface area contributed by atoms with Gasteiger partial charge in [0.25, 0.3) is 0 Å². The third-order valence-electron chi connectivity index (χ3n) is 2.86. The van der Waals surface area contributed by atoms with Gasteiger partial charge in [0, 0.05) is 12.7 Å². The summed E-state index contributed by atoms with van der Waals surface area (Å²) in [5.41, 5.74) is -0.0986. The summed E-state index contributed by atoms with van der Waals surface area (Å²) in [7, 11) is 0. The van der Waals surface area contributed by atoms with Crippen molar-refractivity contribution >= 4 is 0 Å². The van der Waals surface area contributed by atoms with Crippen LogP contribution in [0.1, 0.15) is 29.8 Å². The predicted molar refractivity (Wildman–Crippen MR) is 63.4 cm³/mol. The second-order valence-electron chi connectivity index (χ2n) is 4.10. The molecule has 0 spiro atoms. The van der Waals surface area contributed by atoms with Gasteiger partial charge in [-0.15, -0.1) is 0 Å². The molecule has 0 saturated heterocycles. The first-order chi connectivity index (χ1) is 8.93. The van der Waals surface area contributed by atoms with Crippen molar-refractivity contribution in [1.82, 2.24) is 9.78 Å². The highest BCUT2D eigenvalue weighted by Gasteiger charge is 2.31. The third kappa shape index (κ3) is 2.78. The molecule has 0 aliphatic rings. The fourth-order valence-electron chi connectivity index (χ4n) is 1.90. The van der Waals surface area contributed by atoms with Gasteiger partial charge >= 0.3 is 6.18 Å². The number of nitrogens with zero attached hydrogens (tertiary/aromatic N) is 2. The lowest BCUT2D eigenvalue weighted by Crippen LogP contribution is -2.11. The van der Waals surface area contributed by atoms with Crippen molar-refractivity contribution in [3.05, 3.63) is 53.3 Å². The molecule has 0 aliphatic carbocycles. The molecule has 0 bridgehead atoms. The van der Waals surface area contributed by atoms with E-state index in [9.17, 15) is 18.3 Å². The fraction of sp³-hybridized carbons (Fsp3) is 0.308. The average molecular weight is 270 g/mol. The van der Waals surface area contributed by atoms with Crippen molar-refractivity contribution in [3.63, 3.8) is 0 Å². The van der Waals surface area contributed by atoms with E-state index in [0.717, 1.165) is 12.1 Å². The molecule has 2 rings (SSSR count). The van der Waals surface area contributed by atoms with Crippen molar-refractivity contribution in [2.75, 3.05) is 0 Å². The van der Waals surface area contributed by atoms with E-state index in [1.54, 1.807) is 10.7 Å². The number of aryl methyl sites for hydroxylation is 1. The summed E-state index contributed by atoms with van der Waals surface area (Å²) in [5.74, 6) is 0. The number of hydrogen-bond donors (Lipinski definition) is 1. The number of halogens is 3. The van der Waals surface area contributed by atoms with Gasteiger partial charge in [-0.2, -0.15) is 18.3 Å². The maximum absolute atomic E-state index is 12.6. The first-order valence-electron chi connectivity index (χ1n) is 5.80. The minimum Gasteiger partial charge on any atom is -0.382 e. The molecule has 0 radical (unpaired) electrons. The number of aliphatic hydroxyl groups is 1. The molecule has 19 heavy (non-hydrogen) atoms. The summed E-state index contributed by atoms with van der Waals surface area (Å²) in [5, 5.41) is 14.1. The van der Waals surface area contributed by atoms with Gasteiger partial charge in [0.2, 0.25) is 0 Å². The lowest BCUT2D eigenvalue weighted by Gasteiger charge is -2.14. The Morgan fingerprint density at radius 2 is 2.05 bits per heavy atom. The average Bonchev–Trinajstić information content (AvgIpc) is 2.85. The van der Waals surface area contributed by atoms with Crippen LogP contribution in [0.4, 0.5) is 13.2 Å². The van der Waals surface area contributed by atoms with Crippen LogP contribution in [0.2, 0.25) is 0 Å². The molecule has 1 atom stereocenters. The van der Waals surface area contributed by atoms with Gasteiger partial charge in [0.05, 0.1) is 11.3 Å². The first-order valence-corrected chi connectivity index (χ1v) is 5.80. The minimum atomic E-state index is -4.42. The third-order valence-corrected chi connectivity index (χ3v) is 2.86. The number of benzene rings is 1. The summed E-state index contributed by atoms with van der Waals surface area (Å²) in [4.78, 5) is 0. The largest absolute Gasteiger partial charge is 0.416 e. The van der Waals surface area contributed by atoms with Crippen molar-refractivity contribution in [3.8, 4) is 0 Å². The van der Waals surface area contributed by atoms with E-state index in [-0.39, 0.29) is 5.56 Å². The van der Waals surface area contributed by atoms with Crippen LogP contribution in [0.5, 0.6) is 0 Å². The highest BCUT2D eigenvalue weighted by Crippen LogP contribution is 2.32. The van der Waals surface area contributed by atoms with E-state index in [4.69, 9.17) is 0 Å². The van der Waals surface area contributed by atoms with Crippen LogP contribution in [0, 0.1) is 0 Å². The number of rotatable bonds is 3. The molecule has 0 amide bonds. The molecule has 0 aliphatic heterocycles. The molecule has 6 heteroatoms. The molecular weight excluding hydrogens is 257 g/mol. The monoisotopic (exact) mass is 270 g/mol. The van der Waals surface area contributed by atoms with E-state index in [2.05, 4.69) is 5.10 Å². The van der Waals surface area contributed by atoms with Crippen molar-refractivity contribution in [1.29, 1.82) is 0 Å². The van der Waals surface area contributed by atoms with Crippen LogP contribution in [-0.2, 0) is 12.7 Å². The molecule has 3 nitrogen and oxygen atoms in total. The van der Waals surface area contributed by atoms with E-state index in [0.29, 0.717) is 12.2 Å². The Hall–Kier alpha value is -1.82. The topological polar surface area (TPSA) is 38.0 Å². The molecule has 1 heterocycles. The highest BCUT2D eigenvalue weighted by atomic mass is 19.4. The maximum Gasteiger partial charge on any atom is 0.416 e. The summed E-state index contributed by atoms with van der Waals surface area (Å²) >= 11 is 0. The second-order valence-corrected chi connectivity index (χ2v) is 4.10. The highest BCUT2D eigenvalue weighted by molar-refractivity contribution is 5.31. The molecule has 0 saturated carbocycles. The van der Waals surface area contributed by atoms with Gasteiger partial charge in [-0.05, 0) is 30.7 Å². The Kier molecular flexibility index (Phi) is 3.61. The number of aliphatic hydroxyl groups excluding tert-OH is 1. The van der Waals surface area contributed by atoms with Crippen LogP contribution in [-0.4, -0.2) is 14.9 Å². The SMILES string of the molecule is CCn1nccc1C(O)c1cccc(C(F)(F)F)c1. The van der Waals surface area contributed by atoms with Gasteiger partial charge in [0.15, 0.2) is 0 Å². The molecule has 0 fully saturated rings. The summed E-state index contributed by atoms with van der Waals surface area (Å²) in [6.45, 7) is 2.38. The lowest BCUT2D eigenvalue weighted by atomic mass is 10.0. The summed E-state index contributed by atoms with van der Waals surface area (Å²) in [6.07, 6.45) is -4.03. The predicted octanol–water partition coefficient (Wildman–Crippen LogP) is 3.00. The van der Waals surface area contributed by atoms with Crippen LogP contribution < -0.4 is 0 Å². The summed E-state index contributed by atoms with van der Waals surface area (Å²) < 4.78 is 39.4. The first kappa shape index (κ1) is 13.6. The number of hydrogen-bond acceptors (Lipinski definition) is 2. The molecule has 1 unspecified atom stereocenters. The van der Waals surface area contributed by atoms with Crippen molar-refractivity contribution < 1.29 is 18.3 Å². The fourth-order valence-corrected chi connectivity index (χ4v) is 1.90. The summed E-state index contributed by atoms with van der Waals surface area (Å²) in [6, 6.07) is 6.28. The Morgan fingerprint density at radius 3 is 2.68 bits per heavy atom. The zero-order valence-corrected chi connectivity index (χ0v) is 10.2. The van der Waals surface area contributed by atoms with Gasteiger partial charge in [-0.3, -0.25) is 4.68 Å².